The number of hydrogen-bond acceptors (Lipinski definition) is 4. The van der Waals surface area contributed by atoms with Crippen molar-refractivity contribution in [2.75, 3.05) is 10.5 Å². The number of benzene rings is 2. The van der Waals surface area contributed by atoms with Crippen molar-refractivity contribution in [1.82, 2.24) is 0 Å². The van der Waals surface area contributed by atoms with E-state index in [2.05, 4.69) is 20.7 Å². The number of rotatable bonds is 4. The highest BCUT2D eigenvalue weighted by molar-refractivity contribution is 9.10. The Morgan fingerprint density at radius 1 is 1.14 bits per heavy atom. The van der Waals surface area contributed by atoms with Gasteiger partial charge in [-0.05, 0) is 42.5 Å². The SMILES string of the molecule is Nc1ccc(NS(=O)(=O)c2ccc(Br)cc2)c(C(=O)O)c1. The highest BCUT2D eigenvalue weighted by atomic mass is 79.9. The Labute approximate surface area is 129 Å². The van der Waals surface area contributed by atoms with Gasteiger partial charge in [0.15, 0.2) is 0 Å². The third kappa shape index (κ3) is 3.53. The van der Waals surface area contributed by atoms with Gasteiger partial charge in [-0.2, -0.15) is 0 Å². The van der Waals surface area contributed by atoms with Gasteiger partial charge in [0.25, 0.3) is 10.0 Å². The van der Waals surface area contributed by atoms with Crippen LogP contribution in [-0.2, 0) is 10.0 Å². The van der Waals surface area contributed by atoms with Crippen LogP contribution in [-0.4, -0.2) is 19.5 Å². The van der Waals surface area contributed by atoms with E-state index in [1.807, 2.05) is 0 Å². The zero-order chi connectivity index (χ0) is 15.6. The Morgan fingerprint density at radius 3 is 2.33 bits per heavy atom. The molecule has 0 heterocycles. The molecule has 2 rings (SSSR count). The van der Waals surface area contributed by atoms with Gasteiger partial charge in [0.1, 0.15) is 0 Å². The molecule has 0 aliphatic carbocycles. The smallest absolute Gasteiger partial charge is 0.337 e. The maximum Gasteiger partial charge on any atom is 0.337 e. The Kier molecular flexibility index (Phi) is 4.19. The monoisotopic (exact) mass is 370 g/mol. The van der Waals surface area contributed by atoms with Gasteiger partial charge in [0.05, 0.1) is 16.1 Å². The molecule has 0 unspecified atom stereocenters. The summed E-state index contributed by atoms with van der Waals surface area (Å²) >= 11 is 3.21. The quantitative estimate of drug-likeness (QED) is 0.716. The van der Waals surface area contributed by atoms with Crippen LogP contribution < -0.4 is 10.5 Å². The summed E-state index contributed by atoms with van der Waals surface area (Å²) in [4.78, 5) is 11.2. The molecule has 4 N–H and O–H groups in total. The predicted octanol–water partition coefficient (Wildman–Crippen LogP) is 2.53. The largest absolute Gasteiger partial charge is 0.478 e. The van der Waals surface area contributed by atoms with E-state index >= 15 is 0 Å². The molecule has 2 aromatic rings. The lowest BCUT2D eigenvalue weighted by Gasteiger charge is -2.11. The lowest BCUT2D eigenvalue weighted by molar-refractivity contribution is 0.0698. The minimum absolute atomic E-state index is 0.0267. The minimum Gasteiger partial charge on any atom is -0.478 e. The van der Waals surface area contributed by atoms with E-state index in [0.29, 0.717) is 0 Å². The average Bonchev–Trinajstić information content (AvgIpc) is 2.41. The lowest BCUT2D eigenvalue weighted by atomic mass is 10.1. The molecule has 8 heteroatoms. The van der Waals surface area contributed by atoms with Gasteiger partial charge >= 0.3 is 5.97 Å². The molecule has 0 aliphatic heterocycles. The van der Waals surface area contributed by atoms with Crippen LogP contribution in [0.5, 0.6) is 0 Å². The summed E-state index contributed by atoms with van der Waals surface area (Å²) in [6, 6.07) is 9.91. The molecule has 21 heavy (non-hydrogen) atoms. The van der Waals surface area contributed by atoms with Crippen LogP contribution in [0.1, 0.15) is 10.4 Å². The molecule has 0 saturated heterocycles. The van der Waals surface area contributed by atoms with Gasteiger partial charge in [-0.25, -0.2) is 13.2 Å². The summed E-state index contributed by atoms with van der Waals surface area (Å²) in [5, 5.41) is 9.10. The minimum atomic E-state index is -3.87. The second-order valence-electron chi connectivity index (χ2n) is 4.17. The molecule has 110 valence electrons. The number of anilines is 2. The van der Waals surface area contributed by atoms with Crippen molar-refractivity contribution in [3.05, 3.63) is 52.5 Å². The number of aromatic carboxylic acids is 1. The zero-order valence-electron chi connectivity index (χ0n) is 10.6. The first-order valence-electron chi connectivity index (χ1n) is 5.71. The van der Waals surface area contributed by atoms with E-state index in [0.717, 1.165) is 4.47 Å². The Bertz CT molecular complexity index is 788. The number of hydrogen-bond donors (Lipinski definition) is 3. The van der Waals surface area contributed by atoms with Crippen LogP contribution in [0, 0.1) is 0 Å². The number of nitrogen functional groups attached to an aromatic ring is 1. The predicted molar refractivity (Wildman–Crippen MR) is 82.8 cm³/mol. The van der Waals surface area contributed by atoms with Gasteiger partial charge in [0, 0.05) is 10.2 Å². The molecule has 0 aromatic heterocycles. The van der Waals surface area contributed by atoms with E-state index in [-0.39, 0.29) is 21.8 Å². The molecule has 0 spiro atoms. The van der Waals surface area contributed by atoms with E-state index in [4.69, 9.17) is 10.8 Å². The van der Waals surface area contributed by atoms with Crippen LogP contribution in [0.3, 0.4) is 0 Å². The molecular formula is C13H11BrN2O4S. The fourth-order valence-electron chi connectivity index (χ4n) is 1.65. The molecule has 0 fully saturated rings. The number of carbonyl (C=O) groups is 1. The number of nitrogens with two attached hydrogens (primary N) is 1. The summed E-state index contributed by atoms with van der Waals surface area (Å²) < 4.78 is 27.4. The van der Waals surface area contributed by atoms with Crippen molar-refractivity contribution < 1.29 is 18.3 Å². The summed E-state index contributed by atoms with van der Waals surface area (Å²) in [5.74, 6) is -1.27. The molecule has 0 saturated carbocycles. The third-order valence-corrected chi connectivity index (χ3v) is 4.55. The highest BCUT2D eigenvalue weighted by Gasteiger charge is 2.18. The van der Waals surface area contributed by atoms with Gasteiger partial charge in [-0.3, -0.25) is 4.72 Å². The fourth-order valence-corrected chi connectivity index (χ4v) is 2.99. The summed E-state index contributed by atoms with van der Waals surface area (Å²) in [7, 11) is -3.87. The maximum absolute atomic E-state index is 12.2. The molecule has 0 atom stereocenters. The highest BCUT2D eigenvalue weighted by Crippen LogP contribution is 2.23. The van der Waals surface area contributed by atoms with Crippen molar-refractivity contribution in [2.45, 2.75) is 4.90 Å². The standard InChI is InChI=1S/C13H11BrN2O4S/c14-8-1-4-10(5-2-8)21(19,20)16-12-6-3-9(15)7-11(12)13(17)18/h1-7,16H,15H2,(H,17,18). The molecule has 0 aliphatic rings. The van der Waals surface area contributed by atoms with Crippen molar-refractivity contribution in [2.24, 2.45) is 0 Å². The topological polar surface area (TPSA) is 109 Å². The molecule has 0 bridgehead atoms. The number of carboxylic acids is 1. The molecule has 6 nitrogen and oxygen atoms in total. The lowest BCUT2D eigenvalue weighted by Crippen LogP contribution is -2.15. The van der Waals surface area contributed by atoms with E-state index in [9.17, 15) is 13.2 Å². The van der Waals surface area contributed by atoms with Gasteiger partial charge in [-0.1, -0.05) is 15.9 Å². The number of carboxylic acid groups (broad SMARTS) is 1. The Balaban J connectivity index is 2.41. The molecule has 0 amide bonds. The Morgan fingerprint density at radius 2 is 1.76 bits per heavy atom. The zero-order valence-corrected chi connectivity index (χ0v) is 13.0. The van der Waals surface area contributed by atoms with Crippen LogP contribution >= 0.6 is 15.9 Å². The number of halogens is 1. The summed E-state index contributed by atoms with van der Waals surface area (Å²) in [5.41, 5.74) is 5.49. The number of sulfonamides is 1. The second-order valence-corrected chi connectivity index (χ2v) is 6.77. The summed E-state index contributed by atoms with van der Waals surface area (Å²) in [6.07, 6.45) is 0. The van der Waals surface area contributed by atoms with Crippen LogP contribution in [0.25, 0.3) is 0 Å². The van der Waals surface area contributed by atoms with Gasteiger partial charge < -0.3 is 10.8 Å². The molecule has 0 radical (unpaired) electrons. The van der Waals surface area contributed by atoms with Crippen molar-refractivity contribution >= 4 is 43.3 Å². The first kappa shape index (κ1) is 15.3. The van der Waals surface area contributed by atoms with Crippen molar-refractivity contribution in [1.29, 1.82) is 0 Å². The number of nitrogens with one attached hydrogen (secondary N) is 1. The van der Waals surface area contributed by atoms with E-state index in [1.54, 1.807) is 12.1 Å². The second kappa shape index (κ2) is 5.74. The van der Waals surface area contributed by atoms with Gasteiger partial charge in [0.2, 0.25) is 0 Å². The summed E-state index contributed by atoms with van der Waals surface area (Å²) in [6.45, 7) is 0. The van der Waals surface area contributed by atoms with E-state index in [1.165, 1.54) is 30.3 Å². The molecule has 2 aromatic carbocycles. The van der Waals surface area contributed by atoms with Crippen LogP contribution in [0.15, 0.2) is 51.8 Å². The van der Waals surface area contributed by atoms with Crippen molar-refractivity contribution in [3.63, 3.8) is 0 Å². The third-order valence-electron chi connectivity index (χ3n) is 2.64. The van der Waals surface area contributed by atoms with Crippen molar-refractivity contribution in [3.8, 4) is 0 Å². The van der Waals surface area contributed by atoms with Crippen LogP contribution in [0.4, 0.5) is 11.4 Å². The normalized spacial score (nSPS) is 11.1. The Hall–Kier alpha value is -2.06. The maximum atomic E-state index is 12.2. The van der Waals surface area contributed by atoms with E-state index < -0.39 is 16.0 Å². The first-order valence-corrected chi connectivity index (χ1v) is 7.98. The first-order chi connectivity index (χ1) is 9.79. The molecular weight excluding hydrogens is 360 g/mol. The fraction of sp³-hybridized carbons (Fsp3) is 0. The van der Waals surface area contributed by atoms with Crippen LogP contribution in [0.2, 0.25) is 0 Å². The average molecular weight is 371 g/mol. The van der Waals surface area contributed by atoms with Gasteiger partial charge in [-0.15, -0.1) is 0 Å².